The van der Waals surface area contributed by atoms with Crippen LogP contribution in [0.4, 0.5) is 11.5 Å². The molecule has 0 unspecified atom stereocenters. The summed E-state index contributed by atoms with van der Waals surface area (Å²) in [6.07, 6.45) is 3.32. The molecule has 0 spiro atoms. The molecule has 4 aromatic rings. The van der Waals surface area contributed by atoms with Gasteiger partial charge in [-0.3, -0.25) is 9.20 Å². The average molecular weight is 374 g/mol. The van der Waals surface area contributed by atoms with Crippen molar-refractivity contribution in [3.05, 3.63) is 60.0 Å². The number of rotatable bonds is 2. The van der Waals surface area contributed by atoms with Crippen LogP contribution in [0.2, 0.25) is 0 Å². The Labute approximate surface area is 160 Å². The normalized spacial score (nSPS) is 15.5. The molecular weight excluding hydrogens is 356 g/mol. The lowest BCUT2D eigenvalue weighted by molar-refractivity contribution is 0.0708. The second-order valence-corrected chi connectivity index (χ2v) is 6.89. The van der Waals surface area contributed by atoms with Gasteiger partial charge in [0.2, 0.25) is 0 Å². The van der Waals surface area contributed by atoms with Gasteiger partial charge in [0.25, 0.3) is 5.91 Å². The fourth-order valence-electron chi connectivity index (χ4n) is 3.68. The lowest BCUT2D eigenvalue weighted by Crippen LogP contribution is -2.32. The average Bonchev–Trinajstić information content (AvgIpc) is 3.34. The summed E-state index contributed by atoms with van der Waals surface area (Å²) in [6, 6.07) is 10.7. The Kier molecular flexibility index (Phi) is 3.42. The van der Waals surface area contributed by atoms with Crippen LogP contribution in [-0.4, -0.2) is 38.8 Å². The van der Waals surface area contributed by atoms with Crippen molar-refractivity contribution in [2.24, 2.45) is 0 Å². The molecule has 3 heterocycles. The highest BCUT2D eigenvalue weighted by molar-refractivity contribution is 5.98. The zero-order valence-corrected chi connectivity index (χ0v) is 15.2. The van der Waals surface area contributed by atoms with E-state index in [1.165, 1.54) is 0 Å². The molecule has 1 aliphatic rings. The topological polar surface area (TPSA) is 112 Å². The molecule has 0 radical (unpaired) electrons. The Morgan fingerprint density at radius 1 is 1.21 bits per heavy atom. The van der Waals surface area contributed by atoms with E-state index in [0.717, 1.165) is 16.8 Å². The SMILES string of the molecule is CN(C(=O)c1ccc2nc(N)c3cncn3c2c1)[C@@H]1COc2cc(N)ccc21. The van der Waals surface area contributed by atoms with E-state index in [9.17, 15) is 4.79 Å². The molecule has 0 aliphatic carbocycles. The van der Waals surface area contributed by atoms with Crippen LogP contribution in [0.5, 0.6) is 5.75 Å². The maximum Gasteiger partial charge on any atom is 0.254 e. The van der Waals surface area contributed by atoms with Crippen molar-refractivity contribution in [1.29, 1.82) is 0 Å². The van der Waals surface area contributed by atoms with Gasteiger partial charge < -0.3 is 21.1 Å². The fourth-order valence-corrected chi connectivity index (χ4v) is 3.68. The number of amides is 1. The summed E-state index contributed by atoms with van der Waals surface area (Å²) in [7, 11) is 1.78. The number of fused-ring (bicyclic) bond motifs is 4. The van der Waals surface area contributed by atoms with Crippen LogP contribution in [0.15, 0.2) is 48.9 Å². The molecule has 1 aliphatic heterocycles. The van der Waals surface area contributed by atoms with Gasteiger partial charge in [-0.1, -0.05) is 6.07 Å². The maximum absolute atomic E-state index is 13.2. The van der Waals surface area contributed by atoms with Crippen molar-refractivity contribution in [2.45, 2.75) is 6.04 Å². The Morgan fingerprint density at radius 3 is 2.93 bits per heavy atom. The highest BCUT2D eigenvalue weighted by Crippen LogP contribution is 2.37. The Balaban J connectivity index is 1.54. The fraction of sp³-hybridized carbons (Fsp3) is 0.150. The summed E-state index contributed by atoms with van der Waals surface area (Å²) in [6.45, 7) is 0.401. The molecule has 28 heavy (non-hydrogen) atoms. The first-order valence-corrected chi connectivity index (χ1v) is 8.83. The molecule has 2 aromatic carbocycles. The number of aromatic nitrogens is 3. The van der Waals surface area contributed by atoms with Crippen LogP contribution < -0.4 is 16.2 Å². The van der Waals surface area contributed by atoms with Crippen molar-refractivity contribution in [3.8, 4) is 5.75 Å². The number of carbonyl (C=O) groups excluding carboxylic acids is 1. The Morgan fingerprint density at radius 2 is 2.07 bits per heavy atom. The number of nitrogens with two attached hydrogens (primary N) is 2. The first kappa shape index (κ1) is 16.4. The third-order valence-corrected chi connectivity index (χ3v) is 5.20. The van der Waals surface area contributed by atoms with Crippen LogP contribution in [-0.2, 0) is 0 Å². The molecule has 0 fully saturated rings. The van der Waals surface area contributed by atoms with Crippen molar-refractivity contribution < 1.29 is 9.53 Å². The lowest BCUT2D eigenvalue weighted by Gasteiger charge is -2.24. The van der Waals surface area contributed by atoms with Crippen molar-refractivity contribution in [2.75, 3.05) is 25.1 Å². The largest absolute Gasteiger partial charge is 0.491 e. The van der Waals surface area contributed by atoms with E-state index >= 15 is 0 Å². The molecule has 4 N–H and O–H groups in total. The maximum atomic E-state index is 13.2. The molecule has 5 rings (SSSR count). The molecule has 8 heteroatoms. The Bertz CT molecular complexity index is 1250. The van der Waals surface area contributed by atoms with Gasteiger partial charge in [-0.2, -0.15) is 0 Å². The van der Waals surface area contributed by atoms with E-state index in [0.29, 0.717) is 34.7 Å². The Hall–Kier alpha value is -3.81. The number of nitrogen functional groups attached to an aromatic ring is 2. The number of hydrogen-bond acceptors (Lipinski definition) is 6. The number of nitrogens with zero attached hydrogens (tertiary/aromatic N) is 4. The van der Waals surface area contributed by atoms with Crippen LogP contribution >= 0.6 is 0 Å². The summed E-state index contributed by atoms with van der Waals surface area (Å²) in [4.78, 5) is 23.4. The van der Waals surface area contributed by atoms with E-state index in [1.54, 1.807) is 42.7 Å². The van der Waals surface area contributed by atoms with Crippen molar-refractivity contribution in [1.82, 2.24) is 19.3 Å². The predicted molar refractivity (Wildman–Crippen MR) is 106 cm³/mol. The van der Waals surface area contributed by atoms with Crippen molar-refractivity contribution in [3.63, 3.8) is 0 Å². The molecule has 1 atom stereocenters. The van der Waals surface area contributed by atoms with E-state index < -0.39 is 0 Å². The second kappa shape index (κ2) is 5.85. The molecule has 0 saturated carbocycles. The molecule has 8 nitrogen and oxygen atoms in total. The van der Waals surface area contributed by atoms with Gasteiger partial charge in [0.05, 0.1) is 29.6 Å². The van der Waals surface area contributed by atoms with Crippen LogP contribution in [0.3, 0.4) is 0 Å². The monoisotopic (exact) mass is 374 g/mol. The minimum Gasteiger partial charge on any atom is -0.491 e. The first-order valence-electron chi connectivity index (χ1n) is 8.83. The van der Waals surface area contributed by atoms with Crippen LogP contribution in [0, 0.1) is 0 Å². The van der Waals surface area contributed by atoms with Gasteiger partial charge >= 0.3 is 0 Å². The molecule has 2 aromatic heterocycles. The van der Waals surface area contributed by atoms with Gasteiger partial charge in [0, 0.05) is 29.9 Å². The second-order valence-electron chi connectivity index (χ2n) is 6.89. The third-order valence-electron chi connectivity index (χ3n) is 5.20. The number of benzene rings is 2. The minimum absolute atomic E-state index is 0.106. The van der Waals surface area contributed by atoms with Gasteiger partial charge in [0.15, 0.2) is 0 Å². The number of anilines is 2. The van der Waals surface area contributed by atoms with Gasteiger partial charge in [-0.25, -0.2) is 9.97 Å². The van der Waals surface area contributed by atoms with E-state index in [-0.39, 0.29) is 11.9 Å². The molecule has 1 amide bonds. The predicted octanol–water partition coefficient (Wildman–Crippen LogP) is 2.25. The number of likely N-dealkylation sites (N-methyl/N-ethyl adjacent to an activating group) is 1. The zero-order valence-electron chi connectivity index (χ0n) is 15.2. The van der Waals surface area contributed by atoms with Gasteiger partial charge in [-0.05, 0) is 24.3 Å². The highest BCUT2D eigenvalue weighted by atomic mass is 16.5. The molecule has 0 bridgehead atoms. The molecular formula is C20H18N6O2. The zero-order chi connectivity index (χ0) is 19.4. The standard InChI is InChI=1S/C20H18N6O2/c1-25(17-9-28-18-7-12(21)3-4-13(17)18)20(27)11-2-5-14-15(6-11)26-10-23-8-16(26)19(22)24-14/h2-8,10,17H,9,21H2,1H3,(H2,22,24)/t17-/m1/s1. The quantitative estimate of drug-likeness (QED) is 0.521. The van der Waals surface area contributed by atoms with E-state index in [2.05, 4.69) is 9.97 Å². The van der Waals surface area contributed by atoms with E-state index in [4.69, 9.17) is 16.2 Å². The van der Waals surface area contributed by atoms with Crippen LogP contribution in [0.25, 0.3) is 16.6 Å². The summed E-state index contributed by atoms with van der Waals surface area (Å²) >= 11 is 0. The smallest absolute Gasteiger partial charge is 0.254 e. The molecule has 0 saturated heterocycles. The number of carbonyl (C=O) groups is 1. The summed E-state index contributed by atoms with van der Waals surface area (Å²) in [5.41, 5.74) is 16.1. The summed E-state index contributed by atoms with van der Waals surface area (Å²) in [5.74, 6) is 1.02. The number of imidazole rings is 1. The third kappa shape index (κ3) is 2.34. The first-order chi connectivity index (χ1) is 13.5. The number of hydrogen-bond donors (Lipinski definition) is 2. The summed E-state index contributed by atoms with van der Waals surface area (Å²) < 4.78 is 7.56. The minimum atomic E-state index is -0.170. The lowest BCUT2D eigenvalue weighted by atomic mass is 10.1. The van der Waals surface area contributed by atoms with Gasteiger partial charge in [0.1, 0.15) is 23.7 Å². The number of ether oxygens (including phenoxy) is 1. The van der Waals surface area contributed by atoms with Crippen LogP contribution in [0.1, 0.15) is 22.0 Å². The van der Waals surface area contributed by atoms with E-state index in [1.807, 2.05) is 22.6 Å². The van der Waals surface area contributed by atoms with Gasteiger partial charge in [-0.15, -0.1) is 0 Å². The van der Waals surface area contributed by atoms with Crippen molar-refractivity contribution >= 4 is 34.0 Å². The highest BCUT2D eigenvalue weighted by Gasteiger charge is 2.31. The molecule has 140 valence electrons. The summed E-state index contributed by atoms with van der Waals surface area (Å²) in [5, 5.41) is 0.